The topological polar surface area (TPSA) is 71.4 Å². The maximum Gasteiger partial charge on any atom is 0.249 e. The van der Waals surface area contributed by atoms with E-state index in [9.17, 15) is 13.6 Å². The van der Waals surface area contributed by atoms with Gasteiger partial charge in [0, 0.05) is 35.8 Å². The van der Waals surface area contributed by atoms with Gasteiger partial charge in [-0.25, -0.2) is 8.78 Å². The first kappa shape index (κ1) is 19.6. The zero-order valence-corrected chi connectivity index (χ0v) is 17.0. The summed E-state index contributed by atoms with van der Waals surface area (Å²) in [7, 11) is 0. The van der Waals surface area contributed by atoms with Crippen LogP contribution in [0.5, 0.6) is 5.75 Å². The van der Waals surface area contributed by atoms with Crippen LogP contribution >= 0.6 is 0 Å². The maximum atomic E-state index is 14.2. The molecule has 160 valence electrons. The van der Waals surface area contributed by atoms with Crippen LogP contribution in [0.25, 0.3) is 17.0 Å². The summed E-state index contributed by atoms with van der Waals surface area (Å²) in [5.41, 5.74) is 8.96. The molecule has 0 unspecified atom stereocenters. The number of halogens is 2. The van der Waals surface area contributed by atoms with E-state index in [1.165, 1.54) is 31.0 Å². The number of rotatable bonds is 7. The van der Waals surface area contributed by atoms with Gasteiger partial charge in [0.2, 0.25) is 5.91 Å². The van der Waals surface area contributed by atoms with Crippen LogP contribution in [0.4, 0.5) is 8.78 Å². The molecule has 2 aliphatic rings. The summed E-state index contributed by atoms with van der Waals surface area (Å²) >= 11 is 0. The standard InChI is InChI=1S/C24H23F2N3O2/c25-16-3-6-22-19(9-16)15(11-28-22)7-8-29(12-14-1-2-14)17-10-20-18(24(27)30)4-5-21(26)23(20)31-13-17/h3-6,9-11,14,28H,1-2,7-8,12-13H2,(H2,27,30). The number of aromatic nitrogens is 1. The molecule has 3 aromatic rings. The highest BCUT2D eigenvalue weighted by Gasteiger charge is 2.28. The summed E-state index contributed by atoms with van der Waals surface area (Å²) in [5.74, 6) is -0.703. The van der Waals surface area contributed by atoms with Crippen LogP contribution in [0, 0.1) is 17.6 Å². The first-order valence-electron chi connectivity index (χ1n) is 10.5. The lowest BCUT2D eigenvalue weighted by Crippen LogP contribution is -2.32. The van der Waals surface area contributed by atoms with E-state index in [0.717, 1.165) is 28.7 Å². The normalized spacial score (nSPS) is 15.4. The SMILES string of the molecule is NC(=O)c1ccc(F)c2c1C=C(N(CCc1c[nH]c3ccc(F)cc13)CC1CC1)CO2. The molecule has 0 bridgehead atoms. The van der Waals surface area contributed by atoms with Gasteiger partial charge in [0.05, 0.1) is 11.3 Å². The average Bonchev–Trinajstić information content (AvgIpc) is 3.49. The number of ether oxygens (including phenoxy) is 1. The number of hydrogen-bond donors (Lipinski definition) is 2. The summed E-state index contributed by atoms with van der Waals surface area (Å²) < 4.78 is 33.7. The van der Waals surface area contributed by atoms with Gasteiger partial charge in [0.15, 0.2) is 11.6 Å². The number of nitrogens with two attached hydrogens (primary N) is 1. The van der Waals surface area contributed by atoms with Crippen molar-refractivity contribution in [3.63, 3.8) is 0 Å². The first-order chi connectivity index (χ1) is 15.0. The van der Waals surface area contributed by atoms with Gasteiger partial charge in [0.1, 0.15) is 12.4 Å². The molecular weight excluding hydrogens is 400 g/mol. The molecule has 1 aliphatic carbocycles. The highest BCUT2D eigenvalue weighted by atomic mass is 19.1. The Morgan fingerprint density at radius 2 is 2.06 bits per heavy atom. The molecule has 31 heavy (non-hydrogen) atoms. The van der Waals surface area contributed by atoms with Crippen molar-refractivity contribution in [3.8, 4) is 5.75 Å². The summed E-state index contributed by atoms with van der Waals surface area (Å²) in [5, 5.41) is 0.878. The molecule has 2 heterocycles. The number of carbonyl (C=O) groups excluding carboxylic acids is 1. The smallest absolute Gasteiger partial charge is 0.249 e. The van der Waals surface area contributed by atoms with Crippen LogP contribution in [0.2, 0.25) is 0 Å². The second-order valence-electron chi connectivity index (χ2n) is 8.27. The van der Waals surface area contributed by atoms with Crippen molar-refractivity contribution in [1.82, 2.24) is 9.88 Å². The number of aromatic amines is 1. The largest absolute Gasteiger partial charge is 0.484 e. The molecule has 5 rings (SSSR count). The molecule has 0 saturated heterocycles. The number of hydrogen-bond acceptors (Lipinski definition) is 3. The van der Waals surface area contributed by atoms with Crippen molar-refractivity contribution in [2.75, 3.05) is 19.7 Å². The Bertz CT molecular complexity index is 1200. The predicted molar refractivity (Wildman–Crippen MR) is 115 cm³/mol. The number of nitrogens with one attached hydrogen (secondary N) is 1. The number of H-pyrrole nitrogens is 1. The third-order valence-corrected chi connectivity index (χ3v) is 6.05. The van der Waals surface area contributed by atoms with Crippen molar-refractivity contribution < 1.29 is 18.3 Å². The fourth-order valence-electron chi connectivity index (χ4n) is 4.19. The van der Waals surface area contributed by atoms with Gasteiger partial charge < -0.3 is 20.4 Å². The molecule has 3 N–H and O–H groups in total. The Labute approximate surface area is 178 Å². The number of amides is 1. The van der Waals surface area contributed by atoms with E-state index in [4.69, 9.17) is 10.5 Å². The number of carbonyl (C=O) groups is 1. The molecule has 0 spiro atoms. The summed E-state index contributed by atoms with van der Waals surface area (Å²) in [6.45, 7) is 1.79. The molecule has 1 amide bonds. The van der Waals surface area contributed by atoms with E-state index in [1.807, 2.05) is 12.3 Å². The zero-order chi connectivity index (χ0) is 21.5. The molecule has 2 aromatic carbocycles. The van der Waals surface area contributed by atoms with Crippen molar-refractivity contribution in [3.05, 3.63) is 70.6 Å². The Balaban J connectivity index is 1.44. The predicted octanol–water partition coefficient (Wildman–Crippen LogP) is 4.23. The number of fused-ring (bicyclic) bond motifs is 2. The van der Waals surface area contributed by atoms with Gasteiger partial charge in [-0.1, -0.05) is 0 Å². The van der Waals surface area contributed by atoms with Crippen molar-refractivity contribution >= 4 is 22.9 Å². The van der Waals surface area contributed by atoms with Gasteiger partial charge >= 0.3 is 0 Å². The maximum absolute atomic E-state index is 14.2. The lowest BCUT2D eigenvalue weighted by Gasteiger charge is -2.31. The number of benzene rings is 2. The molecule has 0 atom stereocenters. The van der Waals surface area contributed by atoms with E-state index >= 15 is 0 Å². The van der Waals surface area contributed by atoms with E-state index in [1.54, 1.807) is 12.1 Å². The third kappa shape index (κ3) is 3.87. The molecule has 1 saturated carbocycles. The summed E-state index contributed by atoms with van der Waals surface area (Å²) in [6, 6.07) is 7.33. The minimum atomic E-state index is -0.619. The van der Waals surface area contributed by atoms with E-state index < -0.39 is 11.7 Å². The van der Waals surface area contributed by atoms with Crippen LogP contribution in [0.1, 0.15) is 34.3 Å². The van der Waals surface area contributed by atoms with Gasteiger partial charge in [-0.05, 0) is 67.2 Å². The quantitative estimate of drug-likeness (QED) is 0.597. The Hall–Kier alpha value is -3.35. The minimum Gasteiger partial charge on any atom is -0.484 e. The van der Waals surface area contributed by atoms with Gasteiger partial charge in [-0.2, -0.15) is 0 Å². The monoisotopic (exact) mass is 423 g/mol. The van der Waals surface area contributed by atoms with Gasteiger partial charge in [0.25, 0.3) is 0 Å². The van der Waals surface area contributed by atoms with Crippen LogP contribution in [0.15, 0.2) is 42.2 Å². The van der Waals surface area contributed by atoms with Crippen LogP contribution in [-0.2, 0) is 6.42 Å². The van der Waals surface area contributed by atoms with Crippen molar-refractivity contribution in [2.24, 2.45) is 11.7 Å². The molecule has 1 fully saturated rings. The highest BCUT2D eigenvalue weighted by molar-refractivity contribution is 5.98. The molecule has 0 radical (unpaired) electrons. The van der Waals surface area contributed by atoms with E-state index in [0.29, 0.717) is 24.4 Å². The van der Waals surface area contributed by atoms with Gasteiger partial charge in [-0.15, -0.1) is 0 Å². The number of nitrogens with zero attached hydrogens (tertiary/aromatic N) is 1. The summed E-state index contributed by atoms with van der Waals surface area (Å²) in [6.07, 6.45) is 6.81. The Kier molecular flexibility index (Phi) is 4.88. The van der Waals surface area contributed by atoms with Gasteiger partial charge in [-0.3, -0.25) is 4.79 Å². The van der Waals surface area contributed by atoms with E-state index in [-0.39, 0.29) is 23.7 Å². The first-order valence-corrected chi connectivity index (χ1v) is 10.5. The van der Waals surface area contributed by atoms with Crippen molar-refractivity contribution in [1.29, 1.82) is 0 Å². The molecule has 5 nitrogen and oxygen atoms in total. The molecular formula is C24H23F2N3O2. The Morgan fingerprint density at radius 3 is 2.84 bits per heavy atom. The highest BCUT2D eigenvalue weighted by Crippen LogP contribution is 2.36. The second-order valence-corrected chi connectivity index (χ2v) is 8.27. The molecule has 1 aliphatic heterocycles. The van der Waals surface area contributed by atoms with Crippen molar-refractivity contribution in [2.45, 2.75) is 19.3 Å². The van der Waals surface area contributed by atoms with Crippen LogP contribution in [0.3, 0.4) is 0 Å². The summed E-state index contributed by atoms with van der Waals surface area (Å²) in [4.78, 5) is 17.3. The van der Waals surface area contributed by atoms with Crippen LogP contribution in [-0.4, -0.2) is 35.5 Å². The lowest BCUT2D eigenvalue weighted by molar-refractivity contribution is 0.0999. The molecule has 7 heteroatoms. The zero-order valence-electron chi connectivity index (χ0n) is 17.0. The second kappa shape index (κ2) is 7.72. The lowest BCUT2D eigenvalue weighted by atomic mass is 10.0. The van der Waals surface area contributed by atoms with Crippen LogP contribution < -0.4 is 10.5 Å². The Morgan fingerprint density at radius 1 is 1.23 bits per heavy atom. The fourth-order valence-corrected chi connectivity index (χ4v) is 4.19. The minimum absolute atomic E-state index is 0.0681. The average molecular weight is 423 g/mol. The third-order valence-electron chi connectivity index (χ3n) is 6.05. The van der Waals surface area contributed by atoms with E-state index in [2.05, 4.69) is 9.88 Å². The molecule has 1 aromatic heterocycles. The number of primary amides is 1. The fraction of sp³-hybridized carbons (Fsp3) is 0.292.